The molecule has 0 bridgehead atoms. The minimum Gasteiger partial charge on any atom is -0.399 e. The highest BCUT2D eigenvalue weighted by atomic mass is 35.5. The number of hydrogen-bond acceptors (Lipinski definition) is 3. The molecular formula is C17H19Cl2FN2O2S. The topological polar surface area (TPSA) is 72.2 Å². The highest BCUT2D eigenvalue weighted by Crippen LogP contribution is 2.31. The van der Waals surface area contributed by atoms with Crippen LogP contribution in [0.3, 0.4) is 0 Å². The van der Waals surface area contributed by atoms with E-state index < -0.39 is 15.8 Å². The molecule has 0 aliphatic heterocycles. The average molecular weight is 405 g/mol. The molecule has 3 rings (SSSR count). The Kier molecular flexibility index (Phi) is 6.32. The zero-order valence-corrected chi connectivity index (χ0v) is 15.7. The van der Waals surface area contributed by atoms with Crippen LogP contribution in [0.25, 0.3) is 0 Å². The molecule has 0 fully saturated rings. The van der Waals surface area contributed by atoms with Gasteiger partial charge < -0.3 is 5.73 Å². The van der Waals surface area contributed by atoms with Crippen molar-refractivity contribution in [3.05, 3.63) is 63.9 Å². The normalized spacial score (nSPS) is 16.8. The first-order chi connectivity index (χ1) is 11.3. The van der Waals surface area contributed by atoms with E-state index >= 15 is 0 Å². The van der Waals surface area contributed by atoms with Crippen molar-refractivity contribution in [1.29, 1.82) is 0 Å². The highest BCUT2D eigenvalue weighted by Gasteiger charge is 2.25. The molecule has 4 nitrogen and oxygen atoms in total. The standard InChI is InChI=1S/C17H18ClFN2O2S.ClH/c18-15-8-11(4-7-16(15)19)10-24(22,23)21-17-3-1-2-12-9-13(20)5-6-14(12)17;/h4-9,17,21H,1-3,10,20H2;1H. The quantitative estimate of drug-likeness (QED) is 0.756. The molecule has 1 aliphatic carbocycles. The molecule has 0 saturated heterocycles. The largest absolute Gasteiger partial charge is 0.399 e. The Labute approximate surface area is 158 Å². The summed E-state index contributed by atoms with van der Waals surface area (Å²) in [5, 5.41) is -0.0822. The molecule has 136 valence electrons. The van der Waals surface area contributed by atoms with Crippen molar-refractivity contribution in [2.24, 2.45) is 0 Å². The number of aryl methyl sites for hydroxylation is 1. The first-order valence-electron chi connectivity index (χ1n) is 7.66. The second-order valence-corrected chi connectivity index (χ2v) is 8.19. The number of hydrogen-bond donors (Lipinski definition) is 2. The van der Waals surface area contributed by atoms with Gasteiger partial charge in [0.2, 0.25) is 10.0 Å². The van der Waals surface area contributed by atoms with Crippen LogP contribution in [0, 0.1) is 5.82 Å². The highest BCUT2D eigenvalue weighted by molar-refractivity contribution is 7.88. The Bertz CT molecular complexity index is 875. The Morgan fingerprint density at radius 1 is 1.24 bits per heavy atom. The van der Waals surface area contributed by atoms with Crippen LogP contribution in [0.2, 0.25) is 5.02 Å². The van der Waals surface area contributed by atoms with E-state index in [0.717, 1.165) is 30.4 Å². The third kappa shape index (κ3) is 4.85. The first kappa shape index (κ1) is 20.0. The summed E-state index contributed by atoms with van der Waals surface area (Å²) >= 11 is 5.71. The van der Waals surface area contributed by atoms with Crippen LogP contribution in [-0.2, 0) is 22.2 Å². The molecule has 0 saturated carbocycles. The summed E-state index contributed by atoms with van der Waals surface area (Å²) in [4.78, 5) is 0. The van der Waals surface area contributed by atoms with Crippen LogP contribution in [0.5, 0.6) is 0 Å². The summed E-state index contributed by atoms with van der Waals surface area (Å²) in [6.07, 6.45) is 2.53. The zero-order valence-electron chi connectivity index (χ0n) is 13.3. The SMILES string of the molecule is Cl.Nc1ccc2c(c1)CCCC2NS(=O)(=O)Cc1ccc(F)c(Cl)c1. The maximum absolute atomic E-state index is 13.2. The summed E-state index contributed by atoms with van der Waals surface area (Å²) in [6.45, 7) is 0. The van der Waals surface area contributed by atoms with Crippen molar-refractivity contribution >= 4 is 39.7 Å². The van der Waals surface area contributed by atoms with Crippen LogP contribution in [0.1, 0.15) is 35.6 Å². The summed E-state index contributed by atoms with van der Waals surface area (Å²) < 4.78 is 40.9. The van der Waals surface area contributed by atoms with Crippen molar-refractivity contribution in [2.45, 2.75) is 31.1 Å². The molecule has 1 aliphatic rings. The van der Waals surface area contributed by atoms with Gasteiger partial charge in [-0.2, -0.15) is 0 Å². The smallest absolute Gasteiger partial charge is 0.216 e. The van der Waals surface area contributed by atoms with Crippen molar-refractivity contribution < 1.29 is 12.8 Å². The number of fused-ring (bicyclic) bond motifs is 1. The molecule has 25 heavy (non-hydrogen) atoms. The molecule has 1 atom stereocenters. The Balaban J connectivity index is 0.00000225. The van der Waals surface area contributed by atoms with Gasteiger partial charge in [0.25, 0.3) is 0 Å². The second-order valence-electron chi connectivity index (χ2n) is 6.03. The van der Waals surface area contributed by atoms with Crippen molar-refractivity contribution in [2.75, 3.05) is 5.73 Å². The van der Waals surface area contributed by atoms with E-state index in [4.69, 9.17) is 17.3 Å². The number of anilines is 1. The van der Waals surface area contributed by atoms with Gasteiger partial charge >= 0.3 is 0 Å². The fraction of sp³-hybridized carbons (Fsp3) is 0.294. The van der Waals surface area contributed by atoms with Gasteiger partial charge in [-0.3, -0.25) is 0 Å². The molecule has 0 spiro atoms. The lowest BCUT2D eigenvalue weighted by molar-refractivity contribution is 0.507. The van der Waals surface area contributed by atoms with Crippen LogP contribution in [0.4, 0.5) is 10.1 Å². The van der Waals surface area contributed by atoms with Crippen LogP contribution in [-0.4, -0.2) is 8.42 Å². The van der Waals surface area contributed by atoms with Gasteiger partial charge in [0.05, 0.1) is 10.8 Å². The molecule has 0 radical (unpaired) electrons. The van der Waals surface area contributed by atoms with Gasteiger partial charge in [-0.15, -0.1) is 12.4 Å². The fourth-order valence-electron chi connectivity index (χ4n) is 3.06. The van der Waals surface area contributed by atoms with Crippen molar-refractivity contribution in [1.82, 2.24) is 4.72 Å². The van der Waals surface area contributed by atoms with Gasteiger partial charge in [-0.25, -0.2) is 17.5 Å². The number of sulfonamides is 1. The monoisotopic (exact) mass is 404 g/mol. The van der Waals surface area contributed by atoms with Crippen LogP contribution < -0.4 is 10.5 Å². The molecule has 8 heteroatoms. The number of nitrogens with one attached hydrogen (secondary N) is 1. The number of rotatable bonds is 4. The predicted octanol–water partition coefficient (Wildman–Crippen LogP) is 3.98. The average Bonchev–Trinajstić information content (AvgIpc) is 2.50. The number of nitrogens with two attached hydrogens (primary N) is 1. The number of benzene rings is 2. The van der Waals surface area contributed by atoms with E-state index in [1.54, 1.807) is 6.07 Å². The van der Waals surface area contributed by atoms with Crippen LogP contribution in [0.15, 0.2) is 36.4 Å². The number of nitrogen functional groups attached to an aromatic ring is 1. The lowest BCUT2D eigenvalue weighted by Crippen LogP contribution is -2.32. The van der Waals surface area contributed by atoms with E-state index in [1.807, 2.05) is 12.1 Å². The van der Waals surface area contributed by atoms with Gasteiger partial charge in [-0.1, -0.05) is 23.7 Å². The third-order valence-corrected chi connectivity index (χ3v) is 5.79. The van der Waals surface area contributed by atoms with Crippen molar-refractivity contribution in [3.63, 3.8) is 0 Å². The molecule has 1 unspecified atom stereocenters. The first-order valence-corrected chi connectivity index (χ1v) is 9.69. The predicted molar refractivity (Wildman–Crippen MR) is 101 cm³/mol. The maximum atomic E-state index is 13.2. The Hall–Kier alpha value is -1.34. The molecule has 0 aromatic heterocycles. The van der Waals surface area contributed by atoms with Crippen molar-refractivity contribution in [3.8, 4) is 0 Å². The minimum absolute atomic E-state index is 0. The lowest BCUT2D eigenvalue weighted by atomic mass is 9.88. The van der Waals surface area contributed by atoms with Gasteiger partial charge in [-0.05, 0) is 60.2 Å². The Morgan fingerprint density at radius 3 is 2.72 bits per heavy atom. The fourth-order valence-corrected chi connectivity index (χ4v) is 4.65. The second kappa shape index (κ2) is 7.91. The summed E-state index contributed by atoms with van der Waals surface area (Å²) in [5.74, 6) is -0.807. The molecular weight excluding hydrogens is 386 g/mol. The van der Waals surface area contributed by atoms with Crippen LogP contribution >= 0.6 is 24.0 Å². The van der Waals surface area contributed by atoms with E-state index in [1.165, 1.54) is 18.2 Å². The van der Waals surface area contributed by atoms with E-state index in [9.17, 15) is 12.8 Å². The van der Waals surface area contributed by atoms with E-state index in [2.05, 4.69) is 4.72 Å². The molecule has 0 heterocycles. The molecule has 0 amide bonds. The van der Waals surface area contributed by atoms with E-state index in [-0.39, 0.29) is 29.2 Å². The van der Waals surface area contributed by atoms with E-state index in [0.29, 0.717) is 11.3 Å². The Morgan fingerprint density at radius 2 is 2.00 bits per heavy atom. The van der Waals surface area contributed by atoms with Gasteiger partial charge in [0, 0.05) is 11.7 Å². The summed E-state index contributed by atoms with van der Waals surface area (Å²) in [6, 6.07) is 9.23. The molecule has 2 aromatic rings. The molecule has 2 aromatic carbocycles. The third-order valence-electron chi connectivity index (χ3n) is 4.14. The van der Waals surface area contributed by atoms with Gasteiger partial charge in [0.15, 0.2) is 0 Å². The summed E-state index contributed by atoms with van der Waals surface area (Å²) in [7, 11) is -3.58. The maximum Gasteiger partial charge on any atom is 0.216 e. The molecule has 3 N–H and O–H groups in total. The summed E-state index contributed by atoms with van der Waals surface area (Å²) in [5.41, 5.74) is 8.98. The number of halogens is 3. The zero-order chi connectivity index (χ0) is 17.3. The lowest BCUT2D eigenvalue weighted by Gasteiger charge is -2.26. The van der Waals surface area contributed by atoms with Gasteiger partial charge in [0.1, 0.15) is 5.82 Å². The minimum atomic E-state index is -3.58.